The maximum absolute atomic E-state index is 5.79. The van der Waals surface area contributed by atoms with Gasteiger partial charge in [-0.15, -0.1) is 0 Å². The lowest BCUT2D eigenvalue weighted by Gasteiger charge is -2.12. The molecule has 0 N–H and O–H groups in total. The fraction of sp³-hybridized carbons (Fsp3) is 0.231. The van der Waals surface area contributed by atoms with Crippen LogP contribution in [0.2, 0.25) is 0 Å². The molecule has 0 amide bonds. The summed E-state index contributed by atoms with van der Waals surface area (Å²) in [6.07, 6.45) is 0.948. The summed E-state index contributed by atoms with van der Waals surface area (Å²) < 4.78 is 5.79. The first-order valence-corrected chi connectivity index (χ1v) is 6.01. The van der Waals surface area contributed by atoms with Gasteiger partial charge < -0.3 is 4.74 Å². The maximum Gasteiger partial charge on any atom is 0.153 e. The number of hydrogen-bond acceptors (Lipinski definition) is 1. The summed E-state index contributed by atoms with van der Waals surface area (Å²) in [5, 5.41) is 2.46. The first kappa shape index (κ1) is 10.5. The van der Waals surface area contributed by atoms with Gasteiger partial charge in [-0.2, -0.15) is 0 Å². The van der Waals surface area contributed by atoms with E-state index in [0.717, 1.165) is 17.6 Å². The van der Waals surface area contributed by atoms with E-state index in [9.17, 15) is 0 Å². The van der Waals surface area contributed by atoms with Crippen LogP contribution in [0, 0.1) is 0 Å². The van der Waals surface area contributed by atoms with Gasteiger partial charge in [0.2, 0.25) is 0 Å². The molecule has 1 nitrogen and oxygen atoms in total. The number of hydrogen-bond donors (Lipinski definition) is 0. The number of alkyl halides is 1. The Hall–Kier alpha value is -1.02. The van der Waals surface area contributed by atoms with Gasteiger partial charge in [0, 0.05) is 5.39 Å². The van der Waals surface area contributed by atoms with Crippen molar-refractivity contribution in [2.24, 2.45) is 0 Å². The van der Waals surface area contributed by atoms with Crippen molar-refractivity contribution in [3.63, 3.8) is 0 Å². The van der Waals surface area contributed by atoms with E-state index >= 15 is 0 Å². The number of halogens is 1. The molecule has 2 rings (SSSR count). The largest absolute Gasteiger partial charge is 0.479 e. The second-order valence-corrected chi connectivity index (χ2v) is 4.43. The summed E-state index contributed by atoms with van der Waals surface area (Å²) in [6, 6.07) is 14.4. The van der Waals surface area contributed by atoms with Crippen LogP contribution in [0.5, 0.6) is 5.75 Å². The molecule has 78 valence electrons. The van der Waals surface area contributed by atoms with Crippen molar-refractivity contribution in [2.75, 3.05) is 0 Å². The SMILES string of the molecule is CCC(Br)Oc1cccc2ccccc12. The van der Waals surface area contributed by atoms with Crippen LogP contribution in [0.1, 0.15) is 13.3 Å². The third-order valence-electron chi connectivity index (χ3n) is 2.33. The molecule has 2 heteroatoms. The van der Waals surface area contributed by atoms with Gasteiger partial charge in [0.25, 0.3) is 0 Å². The van der Waals surface area contributed by atoms with Gasteiger partial charge in [-0.25, -0.2) is 0 Å². The van der Waals surface area contributed by atoms with E-state index in [-0.39, 0.29) is 5.01 Å². The lowest BCUT2D eigenvalue weighted by atomic mass is 10.1. The molecular formula is C13H13BrO. The Morgan fingerprint density at radius 1 is 1.13 bits per heavy atom. The van der Waals surface area contributed by atoms with E-state index in [1.807, 2.05) is 24.3 Å². The van der Waals surface area contributed by atoms with Crippen molar-refractivity contribution in [1.82, 2.24) is 0 Å². The summed E-state index contributed by atoms with van der Waals surface area (Å²) >= 11 is 3.48. The lowest BCUT2D eigenvalue weighted by Crippen LogP contribution is -2.05. The quantitative estimate of drug-likeness (QED) is 0.749. The average molecular weight is 265 g/mol. The minimum Gasteiger partial charge on any atom is -0.479 e. The summed E-state index contributed by atoms with van der Waals surface area (Å²) in [6.45, 7) is 2.09. The topological polar surface area (TPSA) is 9.23 Å². The van der Waals surface area contributed by atoms with Gasteiger partial charge in [0.1, 0.15) is 5.75 Å². The molecule has 1 atom stereocenters. The Balaban J connectivity index is 2.42. The molecule has 0 spiro atoms. The monoisotopic (exact) mass is 264 g/mol. The van der Waals surface area contributed by atoms with E-state index in [4.69, 9.17) is 4.74 Å². The van der Waals surface area contributed by atoms with Crippen LogP contribution in [0.25, 0.3) is 10.8 Å². The van der Waals surface area contributed by atoms with Gasteiger partial charge in [0.05, 0.1) is 0 Å². The summed E-state index contributed by atoms with van der Waals surface area (Å²) in [5.41, 5.74) is 0. The van der Waals surface area contributed by atoms with Crippen molar-refractivity contribution in [3.05, 3.63) is 42.5 Å². The molecule has 0 aliphatic heterocycles. The van der Waals surface area contributed by atoms with E-state index in [2.05, 4.69) is 41.1 Å². The second-order valence-electron chi connectivity index (χ2n) is 3.41. The molecule has 0 aliphatic rings. The van der Waals surface area contributed by atoms with Crippen LogP contribution in [-0.4, -0.2) is 5.01 Å². The molecule has 0 saturated heterocycles. The molecule has 0 bridgehead atoms. The van der Waals surface area contributed by atoms with Crippen molar-refractivity contribution in [1.29, 1.82) is 0 Å². The molecule has 2 aromatic rings. The molecule has 0 radical (unpaired) electrons. The van der Waals surface area contributed by atoms with Crippen molar-refractivity contribution in [2.45, 2.75) is 18.4 Å². The normalized spacial score (nSPS) is 12.7. The van der Waals surface area contributed by atoms with Crippen LogP contribution in [0.4, 0.5) is 0 Å². The molecule has 0 aromatic heterocycles. The van der Waals surface area contributed by atoms with Gasteiger partial charge in [-0.3, -0.25) is 0 Å². The first-order chi connectivity index (χ1) is 7.31. The third kappa shape index (κ3) is 2.32. The Morgan fingerprint density at radius 3 is 2.67 bits per heavy atom. The Bertz CT molecular complexity index is 448. The van der Waals surface area contributed by atoms with Crippen molar-refractivity contribution >= 4 is 26.7 Å². The van der Waals surface area contributed by atoms with Gasteiger partial charge in [0.15, 0.2) is 5.01 Å². The van der Waals surface area contributed by atoms with Gasteiger partial charge in [-0.1, -0.05) is 43.3 Å². The molecule has 0 fully saturated rings. The summed E-state index contributed by atoms with van der Waals surface area (Å²) in [7, 11) is 0. The highest BCUT2D eigenvalue weighted by Crippen LogP contribution is 2.27. The molecule has 1 unspecified atom stereocenters. The van der Waals surface area contributed by atoms with Gasteiger partial charge in [-0.05, 0) is 33.8 Å². The number of fused-ring (bicyclic) bond motifs is 1. The zero-order valence-electron chi connectivity index (χ0n) is 8.61. The van der Waals surface area contributed by atoms with Crippen LogP contribution in [-0.2, 0) is 0 Å². The second kappa shape index (κ2) is 4.67. The third-order valence-corrected chi connectivity index (χ3v) is 3.16. The highest BCUT2D eigenvalue weighted by atomic mass is 79.9. The Morgan fingerprint density at radius 2 is 1.87 bits per heavy atom. The summed E-state index contributed by atoms with van der Waals surface area (Å²) in [5.74, 6) is 0.942. The zero-order chi connectivity index (χ0) is 10.7. The number of rotatable bonds is 3. The fourth-order valence-corrected chi connectivity index (χ4v) is 1.72. The Labute approximate surface area is 98.2 Å². The Kier molecular flexibility index (Phi) is 3.27. The first-order valence-electron chi connectivity index (χ1n) is 5.09. The molecule has 2 aromatic carbocycles. The van der Waals surface area contributed by atoms with E-state index in [1.54, 1.807) is 0 Å². The van der Waals surface area contributed by atoms with Crippen molar-refractivity contribution in [3.8, 4) is 5.75 Å². The average Bonchev–Trinajstić information content (AvgIpc) is 2.29. The highest BCUT2D eigenvalue weighted by molar-refractivity contribution is 9.09. The lowest BCUT2D eigenvalue weighted by molar-refractivity contribution is 0.294. The molecule has 0 aliphatic carbocycles. The maximum atomic E-state index is 5.79. The van der Waals surface area contributed by atoms with Gasteiger partial charge >= 0.3 is 0 Å². The minimum absolute atomic E-state index is 0.0864. The van der Waals surface area contributed by atoms with E-state index < -0.39 is 0 Å². The number of benzene rings is 2. The smallest absolute Gasteiger partial charge is 0.153 e. The highest BCUT2D eigenvalue weighted by Gasteiger charge is 2.05. The summed E-state index contributed by atoms with van der Waals surface area (Å²) in [4.78, 5) is 0. The molecule has 0 saturated carbocycles. The minimum atomic E-state index is 0.0864. The fourth-order valence-electron chi connectivity index (χ4n) is 1.52. The predicted molar refractivity (Wildman–Crippen MR) is 67.6 cm³/mol. The van der Waals surface area contributed by atoms with Crippen LogP contribution in [0.15, 0.2) is 42.5 Å². The van der Waals surface area contributed by atoms with Crippen LogP contribution >= 0.6 is 15.9 Å². The van der Waals surface area contributed by atoms with Crippen LogP contribution < -0.4 is 4.74 Å². The van der Waals surface area contributed by atoms with Crippen molar-refractivity contribution < 1.29 is 4.74 Å². The molecular weight excluding hydrogens is 252 g/mol. The standard InChI is InChI=1S/C13H13BrO/c1-2-13(14)15-12-9-5-7-10-6-3-4-8-11(10)12/h3-9,13H,2H2,1H3. The molecule has 0 heterocycles. The number of ether oxygens (including phenoxy) is 1. The predicted octanol–water partition coefficient (Wildman–Crippen LogP) is 4.35. The van der Waals surface area contributed by atoms with E-state index in [0.29, 0.717) is 0 Å². The van der Waals surface area contributed by atoms with Crippen LogP contribution in [0.3, 0.4) is 0 Å². The zero-order valence-corrected chi connectivity index (χ0v) is 10.2. The van der Waals surface area contributed by atoms with E-state index in [1.165, 1.54) is 5.39 Å². The molecule has 15 heavy (non-hydrogen) atoms.